The lowest BCUT2D eigenvalue weighted by atomic mass is 10.1. The molecule has 2 amide bonds. The third kappa shape index (κ3) is 4.66. The summed E-state index contributed by atoms with van der Waals surface area (Å²) in [5.41, 5.74) is 2.62. The van der Waals surface area contributed by atoms with Crippen molar-refractivity contribution < 1.29 is 9.59 Å². The maximum absolute atomic E-state index is 12.3. The molecular formula is C22H32N4O2. The molecule has 2 aliphatic heterocycles. The lowest BCUT2D eigenvalue weighted by Gasteiger charge is -2.36. The standard InChI is InChI=1S/C22H32N4O2/c1-17-4-2-5-20(14-17)25-12-10-24(11-13-25)9-3-8-23-22(28)18-15-21(27)26(16-18)19-6-7-19/h2,4-5,14,18-19H,3,6-13,15-16H2,1H3,(H,23,28)/t18-/m0/s1. The first kappa shape index (κ1) is 19.2. The van der Waals surface area contributed by atoms with E-state index in [0.29, 0.717) is 25.6 Å². The number of nitrogens with zero attached hydrogens (tertiary/aromatic N) is 3. The van der Waals surface area contributed by atoms with Crippen LogP contribution in [-0.2, 0) is 9.59 Å². The van der Waals surface area contributed by atoms with Gasteiger partial charge in [-0.3, -0.25) is 14.5 Å². The van der Waals surface area contributed by atoms with Crippen LogP contribution in [0.4, 0.5) is 5.69 Å². The third-order valence-electron chi connectivity index (χ3n) is 6.21. The van der Waals surface area contributed by atoms with E-state index in [9.17, 15) is 9.59 Å². The van der Waals surface area contributed by atoms with Crippen LogP contribution >= 0.6 is 0 Å². The molecule has 0 bridgehead atoms. The molecule has 4 rings (SSSR count). The lowest BCUT2D eigenvalue weighted by Crippen LogP contribution is -2.47. The smallest absolute Gasteiger partial charge is 0.225 e. The van der Waals surface area contributed by atoms with Crippen LogP contribution in [-0.4, -0.2) is 73.5 Å². The van der Waals surface area contributed by atoms with Crippen molar-refractivity contribution >= 4 is 17.5 Å². The Balaban J connectivity index is 1.12. The quantitative estimate of drug-likeness (QED) is 0.726. The Labute approximate surface area is 167 Å². The fourth-order valence-corrected chi connectivity index (χ4v) is 4.36. The summed E-state index contributed by atoms with van der Waals surface area (Å²) in [6, 6.07) is 9.13. The molecule has 1 N–H and O–H groups in total. The number of amides is 2. The van der Waals surface area contributed by atoms with Crippen LogP contribution in [0.5, 0.6) is 0 Å². The fraction of sp³-hybridized carbons (Fsp3) is 0.636. The first-order chi connectivity index (χ1) is 13.6. The summed E-state index contributed by atoms with van der Waals surface area (Å²) >= 11 is 0. The number of aryl methyl sites for hydroxylation is 1. The van der Waals surface area contributed by atoms with E-state index in [4.69, 9.17) is 0 Å². The first-order valence-electron chi connectivity index (χ1n) is 10.7. The van der Waals surface area contributed by atoms with Crippen LogP contribution in [0.3, 0.4) is 0 Å². The number of nitrogens with one attached hydrogen (secondary N) is 1. The van der Waals surface area contributed by atoms with E-state index >= 15 is 0 Å². The summed E-state index contributed by atoms with van der Waals surface area (Å²) in [5.74, 6) is 0.0703. The van der Waals surface area contributed by atoms with Crippen molar-refractivity contribution in [2.75, 3.05) is 50.7 Å². The van der Waals surface area contributed by atoms with E-state index in [-0.39, 0.29) is 17.7 Å². The predicted molar refractivity (Wildman–Crippen MR) is 110 cm³/mol. The topological polar surface area (TPSA) is 55.9 Å². The number of carbonyl (C=O) groups excluding carboxylic acids is 2. The average Bonchev–Trinajstić information content (AvgIpc) is 3.47. The van der Waals surface area contributed by atoms with Crippen molar-refractivity contribution in [3.05, 3.63) is 29.8 Å². The molecule has 3 aliphatic rings. The van der Waals surface area contributed by atoms with Crippen molar-refractivity contribution in [3.8, 4) is 0 Å². The normalized spacial score (nSPS) is 23.3. The molecule has 1 saturated carbocycles. The molecule has 3 fully saturated rings. The molecule has 1 aromatic rings. The lowest BCUT2D eigenvalue weighted by molar-refractivity contribution is -0.129. The highest BCUT2D eigenvalue weighted by Gasteiger charge is 2.41. The largest absolute Gasteiger partial charge is 0.369 e. The second-order valence-corrected chi connectivity index (χ2v) is 8.49. The monoisotopic (exact) mass is 384 g/mol. The highest BCUT2D eigenvalue weighted by atomic mass is 16.2. The number of hydrogen-bond donors (Lipinski definition) is 1. The van der Waals surface area contributed by atoms with Crippen LogP contribution in [0.1, 0.15) is 31.2 Å². The van der Waals surface area contributed by atoms with Crippen molar-refractivity contribution in [1.82, 2.24) is 15.1 Å². The Morgan fingerprint density at radius 1 is 1.18 bits per heavy atom. The fourth-order valence-electron chi connectivity index (χ4n) is 4.36. The average molecular weight is 385 g/mol. The molecule has 0 aromatic heterocycles. The third-order valence-corrected chi connectivity index (χ3v) is 6.21. The summed E-state index contributed by atoms with van der Waals surface area (Å²) < 4.78 is 0. The van der Waals surface area contributed by atoms with Crippen LogP contribution in [0, 0.1) is 12.8 Å². The van der Waals surface area contributed by atoms with E-state index in [2.05, 4.69) is 46.3 Å². The highest BCUT2D eigenvalue weighted by Crippen LogP contribution is 2.32. The number of piperazine rings is 1. The minimum Gasteiger partial charge on any atom is -0.369 e. The van der Waals surface area contributed by atoms with Crippen molar-refractivity contribution in [2.45, 2.75) is 38.6 Å². The van der Waals surface area contributed by atoms with E-state index < -0.39 is 0 Å². The molecule has 6 heteroatoms. The minimum absolute atomic E-state index is 0.0563. The Bertz CT molecular complexity index is 710. The molecular weight excluding hydrogens is 352 g/mol. The van der Waals surface area contributed by atoms with Gasteiger partial charge in [-0.15, -0.1) is 0 Å². The zero-order valence-corrected chi connectivity index (χ0v) is 16.9. The van der Waals surface area contributed by atoms with Crippen LogP contribution in [0.2, 0.25) is 0 Å². The van der Waals surface area contributed by atoms with E-state index in [1.165, 1.54) is 11.3 Å². The maximum atomic E-state index is 12.3. The van der Waals surface area contributed by atoms with Gasteiger partial charge in [-0.1, -0.05) is 12.1 Å². The molecule has 2 heterocycles. The molecule has 2 saturated heterocycles. The number of anilines is 1. The van der Waals surface area contributed by atoms with Crippen LogP contribution in [0.25, 0.3) is 0 Å². The Hall–Kier alpha value is -2.08. The van der Waals surface area contributed by atoms with Crippen LogP contribution in [0.15, 0.2) is 24.3 Å². The Morgan fingerprint density at radius 3 is 2.68 bits per heavy atom. The van der Waals surface area contributed by atoms with Gasteiger partial charge in [0.15, 0.2) is 0 Å². The van der Waals surface area contributed by atoms with Gasteiger partial charge in [0.05, 0.1) is 5.92 Å². The molecule has 0 spiro atoms. The van der Waals surface area contributed by atoms with E-state index in [1.807, 2.05) is 4.90 Å². The van der Waals surface area contributed by atoms with E-state index in [0.717, 1.165) is 52.0 Å². The molecule has 0 unspecified atom stereocenters. The van der Waals surface area contributed by atoms with Gasteiger partial charge in [0.2, 0.25) is 11.8 Å². The summed E-state index contributed by atoms with van der Waals surface area (Å²) in [6.45, 7) is 8.71. The second-order valence-electron chi connectivity index (χ2n) is 8.49. The molecule has 1 atom stereocenters. The van der Waals surface area contributed by atoms with Gasteiger partial charge in [0.25, 0.3) is 0 Å². The predicted octanol–water partition coefficient (Wildman–Crippen LogP) is 1.63. The minimum atomic E-state index is -0.147. The maximum Gasteiger partial charge on any atom is 0.225 e. The van der Waals surface area contributed by atoms with E-state index in [1.54, 1.807) is 0 Å². The van der Waals surface area contributed by atoms with Crippen molar-refractivity contribution in [2.24, 2.45) is 5.92 Å². The van der Waals surface area contributed by atoms with Gasteiger partial charge in [-0.2, -0.15) is 0 Å². The first-order valence-corrected chi connectivity index (χ1v) is 10.7. The number of hydrogen-bond acceptors (Lipinski definition) is 4. The Morgan fingerprint density at radius 2 is 1.96 bits per heavy atom. The number of likely N-dealkylation sites (tertiary alicyclic amines) is 1. The highest BCUT2D eigenvalue weighted by molar-refractivity contribution is 5.89. The number of rotatable bonds is 7. The number of carbonyl (C=O) groups is 2. The van der Waals surface area contributed by atoms with Crippen LogP contribution < -0.4 is 10.2 Å². The summed E-state index contributed by atoms with van der Waals surface area (Å²) in [5, 5.41) is 3.05. The SMILES string of the molecule is Cc1cccc(N2CCN(CCCNC(=O)[C@H]3CC(=O)N(C4CC4)C3)CC2)c1. The molecule has 6 nitrogen and oxygen atoms in total. The van der Waals surface area contributed by atoms with Gasteiger partial charge in [-0.05, 0) is 50.4 Å². The summed E-state index contributed by atoms with van der Waals surface area (Å²) in [4.78, 5) is 31.2. The zero-order chi connectivity index (χ0) is 19.5. The van der Waals surface area contributed by atoms with Gasteiger partial charge >= 0.3 is 0 Å². The molecule has 0 radical (unpaired) electrons. The molecule has 1 aliphatic carbocycles. The molecule has 152 valence electrons. The van der Waals surface area contributed by atoms with Gasteiger partial charge in [-0.25, -0.2) is 0 Å². The summed E-state index contributed by atoms with van der Waals surface area (Å²) in [7, 11) is 0. The molecule has 1 aromatic carbocycles. The Kier molecular flexibility index (Phi) is 5.85. The van der Waals surface area contributed by atoms with Gasteiger partial charge < -0.3 is 15.1 Å². The zero-order valence-electron chi connectivity index (χ0n) is 16.9. The van der Waals surface area contributed by atoms with Crippen molar-refractivity contribution in [3.63, 3.8) is 0 Å². The van der Waals surface area contributed by atoms with Crippen molar-refractivity contribution in [1.29, 1.82) is 0 Å². The van der Waals surface area contributed by atoms with Gasteiger partial charge in [0.1, 0.15) is 0 Å². The molecule has 28 heavy (non-hydrogen) atoms. The summed E-state index contributed by atoms with van der Waals surface area (Å²) in [6.07, 6.45) is 3.57. The van der Waals surface area contributed by atoms with Gasteiger partial charge in [0, 0.05) is 57.4 Å². The second kappa shape index (κ2) is 8.52. The number of benzene rings is 1.